The number of aliphatic hydroxyl groups excluding tert-OH is 1. The number of halogens is 1. The van der Waals surface area contributed by atoms with E-state index in [0.29, 0.717) is 10.8 Å². The van der Waals surface area contributed by atoms with Crippen molar-refractivity contribution in [3.63, 3.8) is 0 Å². The molecule has 2 N–H and O–H groups in total. The molecule has 0 radical (unpaired) electrons. The highest BCUT2D eigenvalue weighted by Gasteiger charge is 2.06. The van der Waals surface area contributed by atoms with Crippen LogP contribution in [0.4, 0.5) is 0 Å². The Kier molecular flexibility index (Phi) is 1.98. The predicted octanol–water partition coefficient (Wildman–Crippen LogP) is 2.27. The van der Waals surface area contributed by atoms with Crippen LogP contribution in [-0.4, -0.2) is 15.1 Å². The molecular weight excluding hydrogens is 188 g/mol. The molecule has 0 aliphatic carbocycles. The average molecular weight is 197 g/mol. The van der Waals surface area contributed by atoms with Crippen LogP contribution < -0.4 is 0 Å². The van der Waals surface area contributed by atoms with Crippen molar-refractivity contribution >= 4 is 22.6 Å². The van der Waals surface area contributed by atoms with Crippen LogP contribution in [0.25, 0.3) is 11.0 Å². The SMILES string of the molecule is C[C@H](O)c1nc2ccc(Cl)cc2[nH]1. The van der Waals surface area contributed by atoms with E-state index >= 15 is 0 Å². The number of aliphatic hydroxyl groups is 1. The Labute approximate surface area is 80.4 Å². The van der Waals surface area contributed by atoms with Gasteiger partial charge in [0.25, 0.3) is 0 Å². The highest BCUT2D eigenvalue weighted by Crippen LogP contribution is 2.19. The van der Waals surface area contributed by atoms with E-state index in [1.165, 1.54) is 0 Å². The topological polar surface area (TPSA) is 48.9 Å². The fourth-order valence-corrected chi connectivity index (χ4v) is 1.37. The monoisotopic (exact) mass is 196 g/mol. The molecule has 68 valence electrons. The lowest BCUT2D eigenvalue weighted by Crippen LogP contribution is -1.92. The molecule has 2 aromatic rings. The molecule has 0 saturated heterocycles. The van der Waals surface area contributed by atoms with Gasteiger partial charge < -0.3 is 10.1 Å². The van der Waals surface area contributed by atoms with Crippen molar-refractivity contribution < 1.29 is 5.11 Å². The number of aromatic amines is 1. The average Bonchev–Trinajstić information content (AvgIpc) is 2.46. The molecule has 1 aromatic carbocycles. The number of imidazole rings is 1. The van der Waals surface area contributed by atoms with Crippen LogP contribution in [0.15, 0.2) is 18.2 Å². The van der Waals surface area contributed by atoms with Gasteiger partial charge in [0.2, 0.25) is 0 Å². The second kappa shape index (κ2) is 3.01. The molecule has 0 aliphatic rings. The summed E-state index contributed by atoms with van der Waals surface area (Å²) in [5.74, 6) is 0.567. The van der Waals surface area contributed by atoms with Crippen molar-refractivity contribution in [1.82, 2.24) is 9.97 Å². The molecule has 2 rings (SSSR count). The molecular formula is C9H9ClN2O. The lowest BCUT2D eigenvalue weighted by Gasteiger charge is -1.95. The Bertz CT molecular complexity index is 436. The zero-order valence-corrected chi connectivity index (χ0v) is 7.84. The molecule has 0 unspecified atom stereocenters. The van der Waals surface area contributed by atoms with Gasteiger partial charge >= 0.3 is 0 Å². The fourth-order valence-electron chi connectivity index (χ4n) is 1.20. The lowest BCUT2D eigenvalue weighted by molar-refractivity contribution is 0.190. The van der Waals surface area contributed by atoms with E-state index in [-0.39, 0.29) is 0 Å². The highest BCUT2D eigenvalue weighted by molar-refractivity contribution is 6.31. The minimum Gasteiger partial charge on any atom is -0.385 e. The Hall–Kier alpha value is -1.06. The maximum absolute atomic E-state index is 9.27. The van der Waals surface area contributed by atoms with Gasteiger partial charge in [-0.3, -0.25) is 0 Å². The number of rotatable bonds is 1. The first kappa shape index (κ1) is 8.53. The molecule has 0 fully saturated rings. The Balaban J connectivity index is 2.62. The van der Waals surface area contributed by atoms with Gasteiger partial charge in [-0.1, -0.05) is 11.6 Å². The number of H-pyrrole nitrogens is 1. The third kappa shape index (κ3) is 1.53. The summed E-state index contributed by atoms with van der Waals surface area (Å²) in [6.45, 7) is 1.67. The van der Waals surface area contributed by atoms with Crippen LogP contribution in [0.3, 0.4) is 0 Å². The molecule has 3 nitrogen and oxygen atoms in total. The van der Waals surface area contributed by atoms with Crippen molar-refractivity contribution in [2.45, 2.75) is 13.0 Å². The number of fused-ring (bicyclic) bond motifs is 1. The zero-order chi connectivity index (χ0) is 9.42. The second-order valence-corrected chi connectivity index (χ2v) is 3.40. The number of nitrogens with one attached hydrogen (secondary N) is 1. The molecule has 0 bridgehead atoms. The van der Waals surface area contributed by atoms with Crippen LogP contribution in [0, 0.1) is 0 Å². The number of benzene rings is 1. The van der Waals surface area contributed by atoms with Crippen molar-refractivity contribution in [2.75, 3.05) is 0 Å². The summed E-state index contributed by atoms with van der Waals surface area (Å²) in [6.07, 6.45) is -0.578. The summed E-state index contributed by atoms with van der Waals surface area (Å²) >= 11 is 5.80. The number of hydrogen-bond acceptors (Lipinski definition) is 2. The maximum atomic E-state index is 9.27. The van der Waals surface area contributed by atoms with E-state index in [2.05, 4.69) is 9.97 Å². The zero-order valence-electron chi connectivity index (χ0n) is 7.08. The molecule has 1 heterocycles. The van der Waals surface area contributed by atoms with Gasteiger partial charge in [-0.2, -0.15) is 0 Å². The van der Waals surface area contributed by atoms with E-state index in [1.807, 2.05) is 6.07 Å². The quantitative estimate of drug-likeness (QED) is 0.735. The van der Waals surface area contributed by atoms with Crippen molar-refractivity contribution in [1.29, 1.82) is 0 Å². The van der Waals surface area contributed by atoms with E-state index < -0.39 is 6.10 Å². The summed E-state index contributed by atoms with van der Waals surface area (Å²) in [5, 5.41) is 9.93. The molecule has 0 spiro atoms. The molecule has 0 saturated carbocycles. The van der Waals surface area contributed by atoms with Gasteiger partial charge in [0.1, 0.15) is 11.9 Å². The van der Waals surface area contributed by atoms with Crippen molar-refractivity contribution in [3.05, 3.63) is 29.0 Å². The largest absolute Gasteiger partial charge is 0.385 e. The molecule has 0 amide bonds. The Morgan fingerprint density at radius 2 is 2.31 bits per heavy atom. The minimum atomic E-state index is -0.578. The standard InChI is InChI=1S/C9H9ClN2O/c1-5(13)9-11-7-3-2-6(10)4-8(7)12-9/h2-5,13H,1H3,(H,11,12)/t5-/m0/s1. The second-order valence-electron chi connectivity index (χ2n) is 2.96. The van der Waals surface area contributed by atoms with Gasteiger partial charge in [-0.05, 0) is 25.1 Å². The third-order valence-electron chi connectivity index (χ3n) is 1.86. The number of aromatic nitrogens is 2. The van der Waals surface area contributed by atoms with Gasteiger partial charge in [0.05, 0.1) is 11.0 Å². The normalized spacial score (nSPS) is 13.5. The van der Waals surface area contributed by atoms with Gasteiger partial charge in [0, 0.05) is 5.02 Å². The molecule has 13 heavy (non-hydrogen) atoms. The van der Waals surface area contributed by atoms with Gasteiger partial charge in [0.15, 0.2) is 0 Å². The summed E-state index contributed by atoms with van der Waals surface area (Å²) in [7, 11) is 0. The van der Waals surface area contributed by atoms with Crippen molar-refractivity contribution in [3.8, 4) is 0 Å². The smallest absolute Gasteiger partial charge is 0.135 e. The Morgan fingerprint density at radius 1 is 1.54 bits per heavy atom. The third-order valence-corrected chi connectivity index (χ3v) is 2.09. The van der Waals surface area contributed by atoms with Crippen LogP contribution in [0.2, 0.25) is 5.02 Å². The number of hydrogen-bond donors (Lipinski definition) is 2. The fraction of sp³-hybridized carbons (Fsp3) is 0.222. The summed E-state index contributed by atoms with van der Waals surface area (Å²) in [6, 6.07) is 5.38. The first-order valence-electron chi connectivity index (χ1n) is 4.00. The van der Waals surface area contributed by atoms with Crippen LogP contribution in [0.5, 0.6) is 0 Å². The minimum absolute atomic E-state index is 0.567. The Morgan fingerprint density at radius 3 is 3.00 bits per heavy atom. The van der Waals surface area contributed by atoms with Gasteiger partial charge in [-0.15, -0.1) is 0 Å². The van der Waals surface area contributed by atoms with Crippen LogP contribution in [-0.2, 0) is 0 Å². The van der Waals surface area contributed by atoms with E-state index in [1.54, 1.807) is 19.1 Å². The maximum Gasteiger partial charge on any atom is 0.135 e. The summed E-state index contributed by atoms with van der Waals surface area (Å²) < 4.78 is 0. The molecule has 1 atom stereocenters. The summed E-state index contributed by atoms with van der Waals surface area (Å²) in [4.78, 5) is 7.18. The predicted molar refractivity (Wildman–Crippen MR) is 51.7 cm³/mol. The molecule has 4 heteroatoms. The van der Waals surface area contributed by atoms with E-state index in [9.17, 15) is 5.11 Å². The van der Waals surface area contributed by atoms with Crippen LogP contribution in [0.1, 0.15) is 18.9 Å². The van der Waals surface area contributed by atoms with E-state index in [0.717, 1.165) is 11.0 Å². The summed E-state index contributed by atoms with van der Waals surface area (Å²) in [5.41, 5.74) is 1.67. The van der Waals surface area contributed by atoms with Gasteiger partial charge in [-0.25, -0.2) is 4.98 Å². The first-order valence-corrected chi connectivity index (χ1v) is 4.38. The van der Waals surface area contributed by atoms with E-state index in [4.69, 9.17) is 11.6 Å². The van der Waals surface area contributed by atoms with Crippen LogP contribution >= 0.6 is 11.6 Å². The molecule has 0 aliphatic heterocycles. The first-order chi connectivity index (χ1) is 6.16. The van der Waals surface area contributed by atoms with Crippen molar-refractivity contribution in [2.24, 2.45) is 0 Å². The number of nitrogens with zero attached hydrogens (tertiary/aromatic N) is 1. The highest BCUT2D eigenvalue weighted by atomic mass is 35.5. The molecule has 1 aromatic heterocycles. The lowest BCUT2D eigenvalue weighted by atomic mass is 10.3.